The van der Waals surface area contributed by atoms with Crippen molar-refractivity contribution >= 4 is 25.5 Å². The van der Waals surface area contributed by atoms with Crippen molar-refractivity contribution in [3.8, 4) is 0 Å². The van der Waals surface area contributed by atoms with Gasteiger partial charge in [-0.15, -0.1) is 0 Å². The second-order valence-corrected chi connectivity index (χ2v) is 9.14. The van der Waals surface area contributed by atoms with E-state index in [9.17, 15) is 26.9 Å². The largest absolute Gasteiger partial charge is 0.270 e. The van der Waals surface area contributed by atoms with Crippen LogP contribution in [0, 0.1) is 10.1 Å². The Morgan fingerprint density at radius 1 is 1.41 bits per heavy atom. The lowest BCUT2D eigenvalue weighted by Crippen LogP contribution is -2.40. The lowest BCUT2D eigenvalue weighted by Gasteiger charge is -2.25. The Kier molecular flexibility index (Phi) is 4.54. The molecule has 0 spiro atoms. The zero-order chi connectivity index (χ0) is 16.5. The van der Waals surface area contributed by atoms with Gasteiger partial charge in [0.15, 0.2) is 9.84 Å². The molecule has 0 amide bonds. The lowest BCUT2D eigenvalue weighted by atomic mass is 10.3. The molecule has 0 bridgehead atoms. The maximum Gasteiger partial charge on any atom is 0.270 e. The average Bonchev–Trinajstić information content (AvgIpc) is 2.79. The van der Waals surface area contributed by atoms with Crippen LogP contribution in [0.25, 0.3) is 0 Å². The fourth-order valence-corrected chi connectivity index (χ4v) is 6.05. The monoisotopic (exact) mass is 348 g/mol. The normalized spacial score (nSPS) is 21.1. The van der Waals surface area contributed by atoms with Gasteiger partial charge < -0.3 is 0 Å². The highest BCUT2D eigenvalue weighted by Crippen LogP contribution is 2.26. The van der Waals surface area contributed by atoms with Crippen LogP contribution in [0.2, 0.25) is 0 Å². The van der Waals surface area contributed by atoms with Crippen LogP contribution < -0.4 is 0 Å². The number of nitro groups is 1. The molecule has 0 unspecified atom stereocenters. The summed E-state index contributed by atoms with van der Waals surface area (Å²) in [6.07, 6.45) is 0.240. The molecule has 22 heavy (non-hydrogen) atoms. The van der Waals surface area contributed by atoms with Crippen LogP contribution in [0.3, 0.4) is 0 Å². The van der Waals surface area contributed by atoms with Crippen molar-refractivity contribution in [2.75, 3.05) is 18.1 Å². The van der Waals surface area contributed by atoms with Crippen molar-refractivity contribution in [3.05, 3.63) is 34.4 Å². The molecule has 10 heteroatoms. The molecule has 1 aliphatic heterocycles. The van der Waals surface area contributed by atoms with E-state index in [2.05, 4.69) is 0 Å². The number of non-ortho nitro benzene ring substituents is 1. The Labute approximate surface area is 128 Å². The number of nitro benzene ring substituents is 1. The zero-order valence-corrected chi connectivity index (χ0v) is 13.5. The second kappa shape index (κ2) is 5.94. The van der Waals surface area contributed by atoms with Crippen molar-refractivity contribution in [2.45, 2.75) is 24.3 Å². The Bertz CT molecular complexity index is 788. The van der Waals surface area contributed by atoms with E-state index in [-0.39, 0.29) is 35.1 Å². The molecule has 2 rings (SSSR count). The molecule has 1 heterocycles. The molecule has 1 aromatic carbocycles. The van der Waals surface area contributed by atoms with Gasteiger partial charge in [-0.2, -0.15) is 4.31 Å². The first-order valence-electron chi connectivity index (χ1n) is 6.64. The van der Waals surface area contributed by atoms with Gasteiger partial charge in [-0.1, -0.05) is 13.0 Å². The molecule has 1 aromatic rings. The van der Waals surface area contributed by atoms with Crippen molar-refractivity contribution in [1.82, 2.24) is 4.31 Å². The van der Waals surface area contributed by atoms with E-state index >= 15 is 0 Å². The first kappa shape index (κ1) is 16.8. The van der Waals surface area contributed by atoms with Gasteiger partial charge in [0.1, 0.15) is 0 Å². The van der Waals surface area contributed by atoms with E-state index in [1.807, 2.05) is 0 Å². The molecule has 1 aliphatic rings. The summed E-state index contributed by atoms with van der Waals surface area (Å²) in [5, 5.41) is 10.8. The molecule has 0 aliphatic carbocycles. The lowest BCUT2D eigenvalue weighted by molar-refractivity contribution is -0.385. The molecule has 8 nitrogen and oxygen atoms in total. The van der Waals surface area contributed by atoms with E-state index < -0.39 is 30.8 Å². The first-order valence-corrected chi connectivity index (χ1v) is 9.90. The zero-order valence-electron chi connectivity index (χ0n) is 11.9. The molecular weight excluding hydrogens is 332 g/mol. The summed E-state index contributed by atoms with van der Waals surface area (Å²) in [5.41, 5.74) is -0.323. The summed E-state index contributed by atoms with van der Waals surface area (Å²) >= 11 is 0. The summed E-state index contributed by atoms with van der Waals surface area (Å²) in [7, 11) is -7.21. The van der Waals surface area contributed by atoms with Gasteiger partial charge in [-0.25, -0.2) is 16.8 Å². The molecule has 0 N–H and O–H groups in total. The van der Waals surface area contributed by atoms with Gasteiger partial charge >= 0.3 is 0 Å². The quantitative estimate of drug-likeness (QED) is 0.574. The minimum Gasteiger partial charge on any atom is -0.258 e. The smallest absolute Gasteiger partial charge is 0.258 e. The van der Waals surface area contributed by atoms with E-state index in [1.54, 1.807) is 6.92 Å². The Morgan fingerprint density at radius 3 is 2.59 bits per heavy atom. The van der Waals surface area contributed by atoms with Crippen molar-refractivity contribution in [3.63, 3.8) is 0 Å². The minimum absolute atomic E-state index is 0.0430. The van der Waals surface area contributed by atoms with E-state index in [1.165, 1.54) is 18.2 Å². The second-order valence-electron chi connectivity index (χ2n) is 5.02. The standard InChI is InChI=1S/C12H16N2O6S2/c1-2-13(11-6-7-21(17,18)9-11)22(19,20)12-5-3-4-10(8-12)14(15)16/h3-5,8,11H,2,6-7,9H2,1H3/t11-/m1/s1. The number of sulfonamides is 1. The number of hydrogen-bond donors (Lipinski definition) is 0. The van der Waals surface area contributed by atoms with Crippen molar-refractivity contribution in [2.24, 2.45) is 0 Å². The van der Waals surface area contributed by atoms with Gasteiger partial charge in [-0.3, -0.25) is 10.1 Å². The molecular formula is C12H16N2O6S2. The highest BCUT2D eigenvalue weighted by molar-refractivity contribution is 7.92. The third kappa shape index (κ3) is 3.28. The third-order valence-electron chi connectivity index (χ3n) is 3.56. The fraction of sp³-hybridized carbons (Fsp3) is 0.500. The Morgan fingerprint density at radius 2 is 2.09 bits per heavy atom. The first-order chi connectivity index (χ1) is 10.2. The highest BCUT2D eigenvalue weighted by atomic mass is 32.2. The fourth-order valence-electron chi connectivity index (χ4n) is 2.52. The van der Waals surface area contributed by atoms with Crippen LogP contribution >= 0.6 is 0 Å². The molecule has 0 saturated carbocycles. The topological polar surface area (TPSA) is 115 Å². The van der Waals surface area contributed by atoms with Crippen LogP contribution in [0.15, 0.2) is 29.2 Å². The number of benzene rings is 1. The predicted octanol–water partition coefficient (Wildman–Crippen LogP) is 0.793. The van der Waals surface area contributed by atoms with Gasteiger partial charge in [-0.05, 0) is 12.5 Å². The van der Waals surface area contributed by atoms with Crippen LogP contribution in [-0.2, 0) is 19.9 Å². The maximum atomic E-state index is 12.6. The van der Waals surface area contributed by atoms with Gasteiger partial charge in [0.25, 0.3) is 5.69 Å². The van der Waals surface area contributed by atoms with Crippen molar-refractivity contribution in [1.29, 1.82) is 0 Å². The van der Waals surface area contributed by atoms with Gasteiger partial charge in [0, 0.05) is 24.7 Å². The summed E-state index contributed by atoms with van der Waals surface area (Å²) < 4.78 is 49.5. The van der Waals surface area contributed by atoms with E-state index in [4.69, 9.17) is 0 Å². The molecule has 0 radical (unpaired) electrons. The predicted molar refractivity (Wildman–Crippen MR) is 79.7 cm³/mol. The summed E-state index contributed by atoms with van der Waals surface area (Å²) in [6.45, 7) is 1.71. The Hall–Kier alpha value is -1.52. The Balaban J connectivity index is 2.39. The van der Waals surface area contributed by atoms with Crippen molar-refractivity contribution < 1.29 is 21.8 Å². The van der Waals surface area contributed by atoms with Crippen LogP contribution in [0.4, 0.5) is 5.69 Å². The number of rotatable bonds is 5. The van der Waals surface area contributed by atoms with Gasteiger partial charge in [0.05, 0.1) is 21.3 Å². The summed E-state index contributed by atoms with van der Waals surface area (Å²) in [5.74, 6) is -0.256. The SMILES string of the molecule is CCN([C@@H]1CCS(=O)(=O)C1)S(=O)(=O)c1cccc([N+](=O)[O-])c1. The molecule has 1 atom stereocenters. The van der Waals surface area contributed by atoms with Gasteiger partial charge in [0.2, 0.25) is 10.0 Å². The van der Waals surface area contributed by atoms with E-state index in [0.717, 1.165) is 10.4 Å². The number of hydrogen-bond acceptors (Lipinski definition) is 6. The van der Waals surface area contributed by atoms with Crippen LogP contribution in [-0.4, -0.2) is 50.2 Å². The van der Waals surface area contributed by atoms with Crippen LogP contribution in [0.5, 0.6) is 0 Å². The third-order valence-corrected chi connectivity index (χ3v) is 7.34. The van der Waals surface area contributed by atoms with E-state index in [0.29, 0.717) is 0 Å². The number of sulfone groups is 1. The summed E-state index contributed by atoms with van der Waals surface area (Å²) in [4.78, 5) is 9.91. The maximum absolute atomic E-state index is 12.6. The molecule has 1 saturated heterocycles. The molecule has 122 valence electrons. The highest BCUT2D eigenvalue weighted by Gasteiger charge is 2.38. The minimum atomic E-state index is -3.98. The average molecular weight is 348 g/mol. The number of nitrogens with zero attached hydrogens (tertiary/aromatic N) is 2. The molecule has 1 fully saturated rings. The summed E-state index contributed by atoms with van der Waals surface area (Å²) in [6, 6.07) is 4.13. The molecule has 0 aromatic heterocycles. The van der Waals surface area contributed by atoms with Crippen LogP contribution in [0.1, 0.15) is 13.3 Å².